The molecule has 1 aliphatic heterocycles. The van der Waals surface area contributed by atoms with Crippen LogP contribution in [-0.2, 0) is 4.79 Å². The summed E-state index contributed by atoms with van der Waals surface area (Å²) in [6, 6.07) is 1.89. The Morgan fingerprint density at radius 3 is 2.79 bits per heavy atom. The van der Waals surface area contributed by atoms with Crippen molar-refractivity contribution in [2.45, 2.75) is 32.7 Å². The lowest BCUT2D eigenvalue weighted by molar-refractivity contribution is -0.143. The maximum atomic E-state index is 12.3. The highest BCUT2D eigenvalue weighted by Gasteiger charge is 2.29. The number of amides is 1. The molecule has 2 heterocycles. The van der Waals surface area contributed by atoms with E-state index in [1.807, 2.05) is 13.8 Å². The zero-order valence-corrected chi connectivity index (χ0v) is 11.2. The van der Waals surface area contributed by atoms with Crippen molar-refractivity contribution in [2.75, 3.05) is 13.1 Å². The van der Waals surface area contributed by atoms with Crippen molar-refractivity contribution in [3.8, 4) is 0 Å². The van der Waals surface area contributed by atoms with E-state index in [0.717, 1.165) is 6.42 Å². The number of nitrogens with zero attached hydrogens (tertiary/aromatic N) is 3. The first-order chi connectivity index (χ1) is 8.99. The van der Waals surface area contributed by atoms with Crippen LogP contribution in [0.5, 0.6) is 0 Å². The lowest BCUT2D eigenvalue weighted by atomic mass is 9.98. The number of rotatable bonds is 3. The van der Waals surface area contributed by atoms with E-state index >= 15 is 0 Å². The molecule has 1 saturated heterocycles. The minimum atomic E-state index is -0.829. The standard InChI is InChI=1S/C13H19N3O3/c1-9(2)16-7-5-11(14-16)12(17)15-6-3-4-10(8-15)13(18)19/h5,7,9-10H,3-4,6,8H2,1-2H3,(H,18,19). The molecule has 0 aromatic carbocycles. The molecule has 19 heavy (non-hydrogen) atoms. The van der Waals surface area contributed by atoms with E-state index < -0.39 is 11.9 Å². The van der Waals surface area contributed by atoms with Gasteiger partial charge in [0.25, 0.3) is 5.91 Å². The molecule has 6 nitrogen and oxygen atoms in total. The zero-order chi connectivity index (χ0) is 14.0. The molecule has 0 radical (unpaired) electrons. The molecule has 104 valence electrons. The molecule has 0 bridgehead atoms. The lowest BCUT2D eigenvalue weighted by Crippen LogP contribution is -2.42. The van der Waals surface area contributed by atoms with Gasteiger partial charge in [0.2, 0.25) is 0 Å². The van der Waals surface area contributed by atoms with Crippen LogP contribution in [0.3, 0.4) is 0 Å². The molecular formula is C13H19N3O3. The topological polar surface area (TPSA) is 75.4 Å². The van der Waals surface area contributed by atoms with Crippen LogP contribution < -0.4 is 0 Å². The van der Waals surface area contributed by atoms with Crippen LogP contribution in [0.1, 0.15) is 43.2 Å². The second kappa shape index (κ2) is 5.42. The van der Waals surface area contributed by atoms with Crippen molar-refractivity contribution in [3.63, 3.8) is 0 Å². The summed E-state index contributed by atoms with van der Waals surface area (Å²) in [4.78, 5) is 24.8. The Hall–Kier alpha value is -1.85. The van der Waals surface area contributed by atoms with Crippen LogP contribution in [0.4, 0.5) is 0 Å². The number of aliphatic carboxylic acids is 1. The third-order valence-electron chi connectivity index (χ3n) is 3.41. The van der Waals surface area contributed by atoms with Crippen molar-refractivity contribution < 1.29 is 14.7 Å². The van der Waals surface area contributed by atoms with Crippen LogP contribution in [0.25, 0.3) is 0 Å². The summed E-state index contributed by atoms with van der Waals surface area (Å²) in [6.45, 7) is 4.87. The summed E-state index contributed by atoms with van der Waals surface area (Å²) in [5.74, 6) is -1.46. The Morgan fingerprint density at radius 2 is 2.21 bits per heavy atom. The predicted octanol–water partition coefficient (Wildman–Crippen LogP) is 1.40. The molecule has 1 unspecified atom stereocenters. The number of piperidine rings is 1. The van der Waals surface area contributed by atoms with Gasteiger partial charge in [0.05, 0.1) is 5.92 Å². The van der Waals surface area contributed by atoms with Gasteiger partial charge in [0.15, 0.2) is 0 Å². The number of aromatic nitrogens is 2. The van der Waals surface area contributed by atoms with Gasteiger partial charge in [-0.05, 0) is 32.8 Å². The van der Waals surface area contributed by atoms with Gasteiger partial charge in [-0.1, -0.05) is 0 Å². The SMILES string of the molecule is CC(C)n1ccc(C(=O)N2CCCC(C(=O)O)C2)n1. The smallest absolute Gasteiger partial charge is 0.308 e. The molecule has 1 aromatic rings. The Labute approximate surface area is 112 Å². The molecule has 1 atom stereocenters. The van der Waals surface area contributed by atoms with Gasteiger partial charge in [-0.15, -0.1) is 0 Å². The average molecular weight is 265 g/mol. The quantitative estimate of drug-likeness (QED) is 0.896. The van der Waals surface area contributed by atoms with Gasteiger partial charge in [-0.2, -0.15) is 5.10 Å². The maximum absolute atomic E-state index is 12.3. The fraction of sp³-hybridized carbons (Fsp3) is 0.615. The number of carboxylic acid groups (broad SMARTS) is 1. The van der Waals surface area contributed by atoms with Gasteiger partial charge in [-0.25, -0.2) is 0 Å². The van der Waals surface area contributed by atoms with E-state index in [-0.39, 0.29) is 18.5 Å². The Kier molecular flexibility index (Phi) is 3.87. The van der Waals surface area contributed by atoms with E-state index in [4.69, 9.17) is 5.11 Å². The van der Waals surface area contributed by atoms with Gasteiger partial charge in [-0.3, -0.25) is 14.3 Å². The van der Waals surface area contributed by atoms with E-state index in [1.54, 1.807) is 21.8 Å². The Morgan fingerprint density at radius 1 is 1.47 bits per heavy atom. The Bertz CT molecular complexity index is 481. The van der Waals surface area contributed by atoms with Crippen LogP contribution in [0.15, 0.2) is 12.3 Å². The lowest BCUT2D eigenvalue weighted by Gasteiger charge is -2.30. The monoisotopic (exact) mass is 265 g/mol. The summed E-state index contributed by atoms with van der Waals surface area (Å²) in [6.07, 6.45) is 3.14. The highest BCUT2D eigenvalue weighted by atomic mass is 16.4. The minimum absolute atomic E-state index is 0.176. The van der Waals surface area contributed by atoms with Crippen molar-refractivity contribution in [2.24, 2.45) is 5.92 Å². The number of carboxylic acids is 1. The van der Waals surface area contributed by atoms with Crippen LogP contribution in [0.2, 0.25) is 0 Å². The molecule has 0 aliphatic carbocycles. The first-order valence-corrected chi connectivity index (χ1v) is 6.56. The van der Waals surface area contributed by atoms with E-state index in [9.17, 15) is 9.59 Å². The number of carbonyl (C=O) groups excluding carboxylic acids is 1. The zero-order valence-electron chi connectivity index (χ0n) is 11.2. The first-order valence-electron chi connectivity index (χ1n) is 6.56. The highest BCUT2D eigenvalue weighted by molar-refractivity contribution is 5.92. The van der Waals surface area contributed by atoms with Crippen molar-refractivity contribution in [3.05, 3.63) is 18.0 Å². The van der Waals surface area contributed by atoms with E-state index in [2.05, 4.69) is 5.10 Å². The number of likely N-dealkylation sites (tertiary alicyclic amines) is 1. The fourth-order valence-electron chi connectivity index (χ4n) is 2.26. The van der Waals surface area contributed by atoms with E-state index in [0.29, 0.717) is 18.7 Å². The third-order valence-corrected chi connectivity index (χ3v) is 3.41. The normalized spacial score (nSPS) is 19.7. The summed E-state index contributed by atoms with van der Waals surface area (Å²) >= 11 is 0. The molecule has 0 spiro atoms. The van der Waals surface area contributed by atoms with Crippen molar-refractivity contribution in [1.82, 2.24) is 14.7 Å². The molecule has 2 rings (SSSR count). The number of carbonyl (C=O) groups is 2. The molecular weight excluding hydrogens is 246 g/mol. The summed E-state index contributed by atoms with van der Waals surface area (Å²) < 4.78 is 1.73. The largest absolute Gasteiger partial charge is 0.481 e. The number of hydrogen-bond donors (Lipinski definition) is 1. The van der Waals surface area contributed by atoms with Gasteiger partial charge in [0.1, 0.15) is 5.69 Å². The van der Waals surface area contributed by atoms with E-state index in [1.165, 1.54) is 0 Å². The predicted molar refractivity (Wildman–Crippen MR) is 68.9 cm³/mol. The van der Waals surface area contributed by atoms with Gasteiger partial charge >= 0.3 is 5.97 Å². The van der Waals surface area contributed by atoms with Crippen molar-refractivity contribution in [1.29, 1.82) is 0 Å². The van der Waals surface area contributed by atoms with Crippen LogP contribution in [-0.4, -0.2) is 44.8 Å². The second-order valence-corrected chi connectivity index (χ2v) is 5.20. The number of hydrogen-bond acceptors (Lipinski definition) is 3. The van der Waals surface area contributed by atoms with Crippen LogP contribution >= 0.6 is 0 Å². The fourth-order valence-corrected chi connectivity index (χ4v) is 2.26. The summed E-state index contributed by atoms with van der Waals surface area (Å²) in [5, 5.41) is 13.3. The van der Waals surface area contributed by atoms with Crippen LogP contribution in [0, 0.1) is 5.92 Å². The molecule has 6 heteroatoms. The second-order valence-electron chi connectivity index (χ2n) is 5.20. The van der Waals surface area contributed by atoms with Gasteiger partial charge < -0.3 is 10.0 Å². The highest BCUT2D eigenvalue weighted by Crippen LogP contribution is 2.18. The Balaban J connectivity index is 2.08. The first kappa shape index (κ1) is 13.6. The van der Waals surface area contributed by atoms with Gasteiger partial charge in [0, 0.05) is 25.3 Å². The molecule has 1 aromatic heterocycles. The maximum Gasteiger partial charge on any atom is 0.308 e. The molecule has 1 fully saturated rings. The summed E-state index contributed by atoms with van der Waals surface area (Å²) in [5.41, 5.74) is 0.389. The molecule has 1 amide bonds. The molecule has 0 saturated carbocycles. The molecule has 1 aliphatic rings. The third kappa shape index (κ3) is 2.94. The van der Waals surface area contributed by atoms with Crippen molar-refractivity contribution >= 4 is 11.9 Å². The average Bonchev–Trinajstić information content (AvgIpc) is 2.87. The molecule has 1 N–H and O–H groups in total. The summed E-state index contributed by atoms with van der Waals surface area (Å²) in [7, 11) is 0. The minimum Gasteiger partial charge on any atom is -0.481 e.